The van der Waals surface area contributed by atoms with Gasteiger partial charge in [0.2, 0.25) is 0 Å². The van der Waals surface area contributed by atoms with Crippen LogP contribution < -0.4 is 10.2 Å². The van der Waals surface area contributed by atoms with Gasteiger partial charge in [0.05, 0.1) is 11.9 Å². The summed E-state index contributed by atoms with van der Waals surface area (Å²) in [6.45, 7) is 3.02. The van der Waals surface area contributed by atoms with E-state index < -0.39 is 6.09 Å². The molecule has 0 spiro atoms. The number of ether oxygens (including phenoxy) is 1. The van der Waals surface area contributed by atoms with E-state index in [0.717, 1.165) is 28.8 Å². The first kappa shape index (κ1) is 18.5. The molecule has 0 radical (unpaired) electrons. The molecule has 0 saturated carbocycles. The van der Waals surface area contributed by atoms with Crippen molar-refractivity contribution in [2.24, 2.45) is 0 Å². The number of alkyl carbamates (subject to hydrolysis) is 1. The molecule has 0 aliphatic carbocycles. The highest BCUT2D eigenvalue weighted by Gasteiger charge is 2.10. The molecule has 0 fully saturated rings. The number of nitrogens with one attached hydrogen (secondary N) is 1. The molecule has 0 bridgehead atoms. The molecule has 140 valence electrons. The van der Waals surface area contributed by atoms with Crippen LogP contribution in [0.25, 0.3) is 0 Å². The maximum atomic E-state index is 11.9. The van der Waals surface area contributed by atoms with Gasteiger partial charge >= 0.3 is 6.09 Å². The predicted octanol–water partition coefficient (Wildman–Crippen LogP) is 3.50. The molecule has 6 heteroatoms. The Labute approximate surface area is 158 Å². The Morgan fingerprint density at radius 1 is 1.00 bits per heavy atom. The van der Waals surface area contributed by atoms with Crippen LogP contribution >= 0.6 is 0 Å². The molecule has 0 aliphatic rings. The summed E-state index contributed by atoms with van der Waals surface area (Å²) in [6.07, 6.45) is 2.08. The maximum Gasteiger partial charge on any atom is 0.407 e. The summed E-state index contributed by atoms with van der Waals surface area (Å²) in [5, 5.41) is 7.18. The van der Waals surface area contributed by atoms with Crippen LogP contribution in [0, 0.1) is 0 Å². The smallest absolute Gasteiger partial charge is 0.407 e. The average molecular weight is 365 g/mol. The lowest BCUT2D eigenvalue weighted by molar-refractivity contribution is 0.0691. The third kappa shape index (κ3) is 5.60. The number of amides is 1. The van der Waals surface area contributed by atoms with Crippen LogP contribution in [0.5, 0.6) is 0 Å². The zero-order valence-electron chi connectivity index (χ0n) is 15.3. The van der Waals surface area contributed by atoms with Gasteiger partial charge in [-0.1, -0.05) is 67.6 Å². The zero-order chi connectivity index (χ0) is 18.9. The van der Waals surface area contributed by atoms with Crippen LogP contribution in [0.2, 0.25) is 0 Å². The molecular formula is C21H23N3O3. The standard InChI is InChI=1S/C21H23N3O3/c1-2-20-19(13-22-21(25)26-15-17-9-5-3-6-10-17)14-24(23-20)27-16-18-11-7-4-8-12-18/h3-12,14H,2,13,15-16H2,1H3,(H,22,25). The fraction of sp³-hybridized carbons (Fsp3) is 0.238. The molecule has 6 nitrogen and oxygen atoms in total. The zero-order valence-corrected chi connectivity index (χ0v) is 15.3. The fourth-order valence-corrected chi connectivity index (χ4v) is 2.59. The Balaban J connectivity index is 1.50. The molecular weight excluding hydrogens is 342 g/mol. The molecule has 1 heterocycles. The van der Waals surface area contributed by atoms with E-state index in [2.05, 4.69) is 10.4 Å². The summed E-state index contributed by atoms with van der Waals surface area (Å²) in [4.78, 5) is 19.1. The minimum Gasteiger partial charge on any atom is -0.445 e. The maximum absolute atomic E-state index is 11.9. The summed E-state index contributed by atoms with van der Waals surface area (Å²) in [5.74, 6) is 0. The lowest BCUT2D eigenvalue weighted by Gasteiger charge is -2.06. The summed E-state index contributed by atoms with van der Waals surface area (Å²) in [5.41, 5.74) is 3.80. The van der Waals surface area contributed by atoms with Crippen molar-refractivity contribution in [2.75, 3.05) is 0 Å². The van der Waals surface area contributed by atoms with Crippen molar-refractivity contribution < 1.29 is 14.4 Å². The van der Waals surface area contributed by atoms with Gasteiger partial charge in [-0.05, 0) is 17.5 Å². The number of nitrogens with zero attached hydrogens (tertiary/aromatic N) is 2. The van der Waals surface area contributed by atoms with Gasteiger partial charge in [-0.2, -0.15) is 0 Å². The molecule has 0 atom stereocenters. The number of hydrogen-bond donors (Lipinski definition) is 1. The molecule has 3 aromatic rings. The lowest BCUT2D eigenvalue weighted by atomic mass is 10.2. The largest absolute Gasteiger partial charge is 0.445 e. The minimum atomic E-state index is -0.459. The number of carbonyl (C=O) groups is 1. The number of aryl methyl sites for hydroxylation is 1. The van der Waals surface area contributed by atoms with E-state index in [1.807, 2.05) is 67.6 Å². The van der Waals surface area contributed by atoms with Crippen LogP contribution in [0.4, 0.5) is 4.79 Å². The molecule has 0 aliphatic heterocycles. The molecule has 1 amide bonds. The second-order valence-corrected chi connectivity index (χ2v) is 6.03. The Hall–Kier alpha value is -3.28. The van der Waals surface area contributed by atoms with Gasteiger partial charge in [-0.3, -0.25) is 0 Å². The highest BCUT2D eigenvalue weighted by atomic mass is 16.7. The lowest BCUT2D eigenvalue weighted by Crippen LogP contribution is -2.24. The molecule has 1 N–H and O–H groups in total. The van der Waals surface area contributed by atoms with E-state index in [-0.39, 0.29) is 6.61 Å². The van der Waals surface area contributed by atoms with E-state index in [1.165, 1.54) is 4.85 Å². The SMILES string of the molecule is CCc1nn(OCc2ccccc2)cc1CNC(=O)OCc1ccccc1. The van der Waals surface area contributed by atoms with Crippen molar-refractivity contribution in [1.82, 2.24) is 15.3 Å². The molecule has 2 aromatic carbocycles. The predicted molar refractivity (Wildman–Crippen MR) is 102 cm³/mol. The normalized spacial score (nSPS) is 10.4. The van der Waals surface area contributed by atoms with Crippen molar-refractivity contribution in [2.45, 2.75) is 33.1 Å². The van der Waals surface area contributed by atoms with Crippen LogP contribution in [0.1, 0.15) is 29.3 Å². The van der Waals surface area contributed by atoms with Gasteiger partial charge in [0.15, 0.2) is 0 Å². The van der Waals surface area contributed by atoms with Crippen LogP contribution in [-0.4, -0.2) is 16.0 Å². The Bertz CT molecular complexity index is 848. The number of rotatable bonds is 8. The third-order valence-corrected chi connectivity index (χ3v) is 4.03. The first-order valence-corrected chi connectivity index (χ1v) is 8.93. The molecule has 27 heavy (non-hydrogen) atoms. The van der Waals surface area contributed by atoms with Gasteiger partial charge < -0.3 is 14.9 Å². The van der Waals surface area contributed by atoms with Gasteiger partial charge in [0.25, 0.3) is 0 Å². The average Bonchev–Trinajstić information content (AvgIpc) is 3.13. The second kappa shape index (κ2) is 9.43. The van der Waals surface area contributed by atoms with E-state index in [1.54, 1.807) is 6.20 Å². The minimum absolute atomic E-state index is 0.243. The fourth-order valence-electron chi connectivity index (χ4n) is 2.59. The van der Waals surface area contributed by atoms with E-state index in [9.17, 15) is 4.79 Å². The van der Waals surface area contributed by atoms with Crippen molar-refractivity contribution in [1.29, 1.82) is 0 Å². The van der Waals surface area contributed by atoms with Gasteiger partial charge in [0, 0.05) is 12.1 Å². The van der Waals surface area contributed by atoms with Crippen molar-refractivity contribution >= 4 is 6.09 Å². The van der Waals surface area contributed by atoms with E-state index in [4.69, 9.17) is 9.57 Å². The van der Waals surface area contributed by atoms with Crippen LogP contribution in [-0.2, 0) is 30.9 Å². The van der Waals surface area contributed by atoms with Crippen LogP contribution in [0.15, 0.2) is 66.9 Å². The van der Waals surface area contributed by atoms with Crippen molar-refractivity contribution in [3.05, 3.63) is 89.2 Å². The highest BCUT2D eigenvalue weighted by Crippen LogP contribution is 2.08. The summed E-state index contributed by atoms with van der Waals surface area (Å²) < 4.78 is 5.23. The van der Waals surface area contributed by atoms with E-state index in [0.29, 0.717) is 13.2 Å². The number of benzene rings is 2. The number of hydrogen-bond acceptors (Lipinski definition) is 4. The Morgan fingerprint density at radius 2 is 1.63 bits per heavy atom. The highest BCUT2D eigenvalue weighted by molar-refractivity contribution is 5.67. The van der Waals surface area contributed by atoms with Gasteiger partial charge in [0.1, 0.15) is 13.2 Å². The summed E-state index contributed by atoms with van der Waals surface area (Å²) in [7, 11) is 0. The quantitative estimate of drug-likeness (QED) is 0.663. The van der Waals surface area contributed by atoms with Crippen LogP contribution in [0.3, 0.4) is 0 Å². The Morgan fingerprint density at radius 3 is 2.26 bits per heavy atom. The first-order chi connectivity index (χ1) is 13.2. The molecule has 1 aromatic heterocycles. The van der Waals surface area contributed by atoms with E-state index >= 15 is 0 Å². The van der Waals surface area contributed by atoms with Gasteiger partial charge in [-0.15, -0.1) is 9.94 Å². The monoisotopic (exact) mass is 365 g/mol. The topological polar surface area (TPSA) is 65.4 Å². The second-order valence-electron chi connectivity index (χ2n) is 6.03. The molecule has 0 saturated heterocycles. The first-order valence-electron chi connectivity index (χ1n) is 8.93. The number of aromatic nitrogens is 2. The molecule has 0 unspecified atom stereocenters. The summed E-state index contributed by atoms with van der Waals surface area (Å²) in [6, 6.07) is 19.5. The third-order valence-electron chi connectivity index (χ3n) is 4.03. The summed E-state index contributed by atoms with van der Waals surface area (Å²) >= 11 is 0. The number of carbonyl (C=O) groups excluding carboxylic acids is 1. The van der Waals surface area contributed by atoms with Crippen molar-refractivity contribution in [3.63, 3.8) is 0 Å². The van der Waals surface area contributed by atoms with Gasteiger partial charge in [-0.25, -0.2) is 4.79 Å². The molecule has 3 rings (SSSR count). The van der Waals surface area contributed by atoms with Crippen molar-refractivity contribution in [3.8, 4) is 0 Å². The Kier molecular flexibility index (Phi) is 6.46.